The van der Waals surface area contributed by atoms with Gasteiger partial charge in [-0.1, -0.05) is 6.07 Å². The standard InChI is InChI=1S/C11H13BrF3NO3S/c1-7-3-8(5-17)4-9(10(7)12)20(18,19)16(2)6-11(13,14)15/h3-4,17H,5-6H2,1-2H3. The second kappa shape index (κ2) is 6.00. The first-order valence-corrected chi connectivity index (χ1v) is 7.65. The Labute approximate surface area is 123 Å². The van der Waals surface area contributed by atoms with Crippen molar-refractivity contribution < 1.29 is 26.7 Å². The zero-order chi connectivity index (χ0) is 15.7. The van der Waals surface area contributed by atoms with E-state index < -0.39 is 29.4 Å². The third kappa shape index (κ3) is 3.94. The molecule has 1 rings (SSSR count). The number of sulfonamides is 1. The smallest absolute Gasteiger partial charge is 0.392 e. The maximum atomic E-state index is 12.3. The van der Waals surface area contributed by atoms with Gasteiger partial charge in [0.05, 0.1) is 11.5 Å². The van der Waals surface area contributed by atoms with E-state index in [2.05, 4.69) is 15.9 Å². The number of nitrogens with zero attached hydrogens (tertiary/aromatic N) is 1. The number of hydrogen-bond acceptors (Lipinski definition) is 3. The van der Waals surface area contributed by atoms with Gasteiger partial charge in [0.1, 0.15) is 6.54 Å². The first-order valence-electron chi connectivity index (χ1n) is 5.42. The highest BCUT2D eigenvalue weighted by molar-refractivity contribution is 9.10. The molecule has 114 valence electrons. The van der Waals surface area contributed by atoms with Gasteiger partial charge in [-0.05, 0) is 40.0 Å². The Morgan fingerprint density at radius 3 is 2.35 bits per heavy atom. The second-order valence-electron chi connectivity index (χ2n) is 4.26. The summed E-state index contributed by atoms with van der Waals surface area (Å²) in [6, 6.07) is 2.70. The summed E-state index contributed by atoms with van der Waals surface area (Å²) in [7, 11) is -3.45. The first-order chi connectivity index (χ1) is 8.99. The average Bonchev–Trinajstić information content (AvgIpc) is 2.29. The number of hydrogen-bond donors (Lipinski definition) is 1. The molecule has 0 radical (unpaired) electrons. The number of alkyl halides is 3. The lowest BCUT2D eigenvalue weighted by molar-refractivity contribution is -0.134. The normalized spacial score (nSPS) is 13.0. The molecule has 0 saturated carbocycles. The Bertz CT molecular complexity index is 602. The van der Waals surface area contributed by atoms with Gasteiger partial charge < -0.3 is 5.11 Å². The molecule has 1 aromatic rings. The summed E-state index contributed by atoms with van der Waals surface area (Å²) >= 11 is 3.06. The second-order valence-corrected chi connectivity index (χ2v) is 7.07. The van der Waals surface area contributed by atoms with Crippen LogP contribution in [0.1, 0.15) is 11.1 Å². The number of halogens is 4. The highest BCUT2D eigenvalue weighted by Gasteiger charge is 2.35. The molecule has 0 unspecified atom stereocenters. The molecule has 20 heavy (non-hydrogen) atoms. The third-order valence-corrected chi connectivity index (χ3v) is 5.70. The first kappa shape index (κ1) is 17.4. The van der Waals surface area contributed by atoms with E-state index in [4.69, 9.17) is 5.11 Å². The van der Waals surface area contributed by atoms with Crippen molar-refractivity contribution in [2.45, 2.75) is 24.6 Å². The summed E-state index contributed by atoms with van der Waals surface area (Å²) in [5.41, 5.74) is 0.820. The lowest BCUT2D eigenvalue weighted by Crippen LogP contribution is -2.36. The van der Waals surface area contributed by atoms with Crippen LogP contribution in [-0.2, 0) is 16.6 Å². The molecule has 0 aliphatic carbocycles. The molecule has 0 aliphatic heterocycles. The molecular formula is C11H13BrF3NO3S. The van der Waals surface area contributed by atoms with Crippen LogP contribution in [0.4, 0.5) is 13.2 Å². The Hall–Kier alpha value is -0.640. The summed E-state index contributed by atoms with van der Waals surface area (Å²) in [4.78, 5) is -0.298. The minimum Gasteiger partial charge on any atom is -0.392 e. The molecule has 0 atom stereocenters. The molecular weight excluding hydrogens is 363 g/mol. The SMILES string of the molecule is Cc1cc(CO)cc(S(=O)(=O)N(C)CC(F)(F)F)c1Br. The Morgan fingerprint density at radius 2 is 1.90 bits per heavy atom. The van der Waals surface area contributed by atoms with Crippen molar-refractivity contribution in [3.05, 3.63) is 27.7 Å². The van der Waals surface area contributed by atoms with E-state index >= 15 is 0 Å². The molecule has 0 aromatic heterocycles. The lowest BCUT2D eigenvalue weighted by atomic mass is 10.1. The number of aliphatic hydroxyl groups excluding tert-OH is 1. The van der Waals surface area contributed by atoms with Crippen LogP contribution in [0.25, 0.3) is 0 Å². The fourth-order valence-corrected chi connectivity index (χ4v) is 3.78. The van der Waals surface area contributed by atoms with Gasteiger partial charge in [-0.25, -0.2) is 8.42 Å². The molecule has 0 aliphatic rings. The lowest BCUT2D eigenvalue weighted by Gasteiger charge is -2.20. The fraction of sp³-hybridized carbons (Fsp3) is 0.455. The summed E-state index contributed by atoms with van der Waals surface area (Å²) in [6.07, 6.45) is -4.63. The van der Waals surface area contributed by atoms with Crippen molar-refractivity contribution in [3.63, 3.8) is 0 Å². The van der Waals surface area contributed by atoms with E-state index in [1.807, 2.05) is 0 Å². The van der Waals surface area contributed by atoms with E-state index in [0.717, 1.165) is 13.1 Å². The van der Waals surface area contributed by atoms with Gasteiger partial charge in [-0.2, -0.15) is 17.5 Å². The van der Waals surface area contributed by atoms with Crippen LogP contribution in [0, 0.1) is 6.92 Å². The Morgan fingerprint density at radius 1 is 1.35 bits per heavy atom. The van der Waals surface area contributed by atoms with Gasteiger partial charge in [-0.3, -0.25) is 0 Å². The van der Waals surface area contributed by atoms with E-state index in [-0.39, 0.29) is 13.7 Å². The molecule has 4 nitrogen and oxygen atoms in total. The fourth-order valence-electron chi connectivity index (χ4n) is 1.59. The van der Waals surface area contributed by atoms with Crippen molar-refractivity contribution in [2.75, 3.05) is 13.6 Å². The Kier molecular flexibility index (Phi) is 5.23. The monoisotopic (exact) mass is 375 g/mol. The number of aliphatic hydroxyl groups is 1. The summed E-state index contributed by atoms with van der Waals surface area (Å²) < 4.78 is 61.7. The van der Waals surface area contributed by atoms with Gasteiger partial charge in [-0.15, -0.1) is 0 Å². The highest BCUT2D eigenvalue weighted by atomic mass is 79.9. The summed E-state index contributed by atoms with van der Waals surface area (Å²) in [5, 5.41) is 9.06. The summed E-state index contributed by atoms with van der Waals surface area (Å²) in [6.45, 7) is -0.393. The van der Waals surface area contributed by atoms with Crippen LogP contribution in [0.2, 0.25) is 0 Å². The summed E-state index contributed by atoms with van der Waals surface area (Å²) in [5.74, 6) is 0. The number of rotatable bonds is 4. The van der Waals surface area contributed by atoms with Crippen LogP contribution < -0.4 is 0 Å². The van der Waals surface area contributed by atoms with Crippen LogP contribution in [-0.4, -0.2) is 37.6 Å². The van der Waals surface area contributed by atoms with E-state index in [1.54, 1.807) is 13.0 Å². The predicted molar refractivity (Wildman–Crippen MR) is 70.7 cm³/mol. The molecule has 1 aromatic carbocycles. The quantitative estimate of drug-likeness (QED) is 0.878. The molecule has 0 amide bonds. The average molecular weight is 376 g/mol. The van der Waals surface area contributed by atoms with Crippen molar-refractivity contribution >= 4 is 26.0 Å². The van der Waals surface area contributed by atoms with Crippen LogP contribution in [0.15, 0.2) is 21.5 Å². The minimum atomic E-state index is -4.63. The predicted octanol–water partition coefficient (Wildman–Crippen LogP) is 2.43. The van der Waals surface area contributed by atoms with Gasteiger partial charge in [0.25, 0.3) is 0 Å². The van der Waals surface area contributed by atoms with Crippen molar-refractivity contribution in [2.24, 2.45) is 0 Å². The molecule has 0 heterocycles. The maximum Gasteiger partial charge on any atom is 0.402 e. The van der Waals surface area contributed by atoms with E-state index in [9.17, 15) is 21.6 Å². The van der Waals surface area contributed by atoms with Crippen molar-refractivity contribution in [1.29, 1.82) is 0 Å². The largest absolute Gasteiger partial charge is 0.402 e. The van der Waals surface area contributed by atoms with Gasteiger partial charge in [0.2, 0.25) is 10.0 Å². The Balaban J connectivity index is 3.32. The third-order valence-electron chi connectivity index (χ3n) is 2.55. The number of aryl methyl sites for hydroxylation is 1. The van der Waals surface area contributed by atoms with Crippen molar-refractivity contribution in [3.8, 4) is 0 Å². The molecule has 9 heteroatoms. The van der Waals surface area contributed by atoms with E-state index in [0.29, 0.717) is 11.1 Å². The van der Waals surface area contributed by atoms with Gasteiger partial charge >= 0.3 is 6.18 Å². The zero-order valence-electron chi connectivity index (χ0n) is 10.7. The van der Waals surface area contributed by atoms with Crippen LogP contribution in [0.5, 0.6) is 0 Å². The minimum absolute atomic E-state index is 0.184. The molecule has 0 spiro atoms. The zero-order valence-corrected chi connectivity index (χ0v) is 13.1. The molecule has 1 N–H and O–H groups in total. The molecule has 0 fully saturated rings. The van der Waals surface area contributed by atoms with Crippen LogP contribution >= 0.6 is 15.9 Å². The topological polar surface area (TPSA) is 57.6 Å². The van der Waals surface area contributed by atoms with E-state index in [1.165, 1.54) is 0 Å². The van der Waals surface area contributed by atoms with Gasteiger partial charge in [0.15, 0.2) is 0 Å². The van der Waals surface area contributed by atoms with Crippen LogP contribution in [0.3, 0.4) is 0 Å². The molecule has 0 saturated heterocycles. The highest BCUT2D eigenvalue weighted by Crippen LogP contribution is 2.30. The van der Waals surface area contributed by atoms with Crippen molar-refractivity contribution in [1.82, 2.24) is 4.31 Å². The number of benzene rings is 1. The van der Waals surface area contributed by atoms with Gasteiger partial charge in [0, 0.05) is 11.5 Å². The maximum absolute atomic E-state index is 12.3. The molecule has 0 bridgehead atoms.